The zero-order valence-corrected chi connectivity index (χ0v) is 6.65. The molecule has 0 heterocycles. The summed E-state index contributed by atoms with van der Waals surface area (Å²) in [6, 6.07) is 0. The third kappa shape index (κ3) is 10.5. The third-order valence-electron chi connectivity index (χ3n) is 0.448. The van der Waals surface area contributed by atoms with Crippen LogP contribution < -0.4 is 0 Å². The number of halogens is 1. The van der Waals surface area contributed by atoms with Gasteiger partial charge in [-0.25, -0.2) is 8.42 Å². The van der Waals surface area contributed by atoms with Gasteiger partial charge in [-0.2, -0.15) is 0 Å². The first-order valence-electron chi connectivity index (χ1n) is 1.98. The summed E-state index contributed by atoms with van der Waals surface area (Å²) in [5.74, 6) is 0.0779. The number of rotatable bonds is 2. The SMILES string of the molecule is CCCS(=O)(=O)Cl.[Ar]. The molecule has 0 fully saturated rings. The number of hydrogen-bond acceptors (Lipinski definition) is 2. The molecule has 0 aromatic heterocycles. The predicted octanol–water partition coefficient (Wildman–Crippen LogP) is 0.965. The van der Waals surface area contributed by atoms with E-state index in [9.17, 15) is 8.42 Å². The largest absolute Gasteiger partial charge is 0.232 e. The van der Waals surface area contributed by atoms with Gasteiger partial charge < -0.3 is 0 Å². The zero-order valence-electron chi connectivity index (χ0n) is 4.37. The Bertz CT molecular complexity index is 130. The van der Waals surface area contributed by atoms with Crippen molar-refractivity contribution in [2.45, 2.75) is 13.3 Å². The van der Waals surface area contributed by atoms with Gasteiger partial charge in [-0.05, 0) is 6.42 Å². The van der Waals surface area contributed by atoms with Crippen molar-refractivity contribution in [2.75, 3.05) is 5.75 Å². The molecule has 52 valence electrons. The molecular formula is C3H7ArClO2S. The Morgan fingerprint density at radius 1 is 1.50 bits per heavy atom. The molecule has 0 aromatic rings. The van der Waals surface area contributed by atoms with Gasteiger partial charge in [-0.15, -0.1) is 0 Å². The first-order valence-corrected chi connectivity index (χ1v) is 4.46. The molecule has 0 rings (SSSR count). The van der Waals surface area contributed by atoms with Gasteiger partial charge in [0, 0.05) is 48.4 Å². The van der Waals surface area contributed by atoms with Crippen molar-refractivity contribution < 1.29 is 46.2 Å². The maximum atomic E-state index is 10.00. The molecule has 0 unspecified atom stereocenters. The molecule has 0 radical (unpaired) electrons. The van der Waals surface area contributed by atoms with E-state index in [0.717, 1.165) is 0 Å². The van der Waals surface area contributed by atoms with Gasteiger partial charge >= 0.3 is 0 Å². The van der Waals surface area contributed by atoms with Crippen LogP contribution in [0.4, 0.5) is 0 Å². The summed E-state index contributed by atoms with van der Waals surface area (Å²) in [7, 11) is 1.60. The minimum Gasteiger partial charge on any atom is -0.212 e. The Labute approximate surface area is 84.0 Å². The summed E-state index contributed by atoms with van der Waals surface area (Å²) in [6.07, 6.45) is 0.589. The van der Waals surface area contributed by atoms with Crippen LogP contribution in [0, 0.1) is 37.7 Å². The van der Waals surface area contributed by atoms with Crippen molar-refractivity contribution >= 4 is 19.7 Å². The first kappa shape index (κ1) is 12.2. The van der Waals surface area contributed by atoms with Crippen LogP contribution in [0.1, 0.15) is 13.3 Å². The summed E-state index contributed by atoms with van der Waals surface area (Å²) in [5.41, 5.74) is 0. The van der Waals surface area contributed by atoms with Crippen LogP contribution in [0.25, 0.3) is 0 Å². The van der Waals surface area contributed by atoms with Crippen LogP contribution in [0.5, 0.6) is 0 Å². The number of hydrogen-bond donors (Lipinski definition) is 0. The van der Waals surface area contributed by atoms with Crippen LogP contribution in [0.15, 0.2) is 0 Å². The molecule has 0 aliphatic rings. The molecule has 0 amide bonds. The first-order chi connectivity index (χ1) is 3.06. The van der Waals surface area contributed by atoms with E-state index in [0.29, 0.717) is 6.42 Å². The molecule has 0 saturated heterocycles. The summed E-state index contributed by atoms with van der Waals surface area (Å²) in [4.78, 5) is 0. The van der Waals surface area contributed by atoms with E-state index in [1.54, 1.807) is 6.92 Å². The molecule has 0 atom stereocenters. The fourth-order valence-electron chi connectivity index (χ4n) is 0.244. The second-order valence-corrected chi connectivity index (χ2v) is 4.14. The van der Waals surface area contributed by atoms with Crippen LogP contribution >= 0.6 is 10.7 Å². The minimum absolute atomic E-state index is 0. The maximum Gasteiger partial charge on any atom is 0.232 e. The fraction of sp³-hybridized carbons (Fsp3) is 1.00. The molecule has 2 nitrogen and oxygen atoms in total. The molecule has 0 aliphatic carbocycles. The Morgan fingerprint density at radius 2 is 1.88 bits per heavy atom. The average Bonchev–Trinajstić information content (AvgIpc) is 1.30. The molecule has 0 saturated carbocycles. The molecule has 0 spiro atoms. The van der Waals surface area contributed by atoms with E-state index in [-0.39, 0.29) is 43.5 Å². The van der Waals surface area contributed by atoms with Gasteiger partial charge in [0.15, 0.2) is 0 Å². The van der Waals surface area contributed by atoms with E-state index in [1.807, 2.05) is 0 Å². The molecule has 0 N–H and O–H groups in total. The smallest absolute Gasteiger partial charge is 0.212 e. The molecule has 0 aliphatic heterocycles. The van der Waals surface area contributed by atoms with Crippen LogP contribution in [-0.2, 0) is 9.05 Å². The molecule has 8 heavy (non-hydrogen) atoms. The monoisotopic (exact) mass is 182 g/mol. The Kier molecular flexibility index (Phi) is 8.08. The van der Waals surface area contributed by atoms with Crippen molar-refractivity contribution in [2.24, 2.45) is 0 Å². The van der Waals surface area contributed by atoms with Gasteiger partial charge in [0.1, 0.15) is 0 Å². The second-order valence-electron chi connectivity index (χ2n) is 1.24. The van der Waals surface area contributed by atoms with Crippen molar-refractivity contribution in [3.63, 3.8) is 0 Å². The van der Waals surface area contributed by atoms with Gasteiger partial charge in [0.05, 0.1) is 5.75 Å². The van der Waals surface area contributed by atoms with Crippen molar-refractivity contribution in [1.82, 2.24) is 0 Å². The van der Waals surface area contributed by atoms with E-state index < -0.39 is 9.05 Å². The third-order valence-corrected chi connectivity index (χ3v) is 1.81. The summed E-state index contributed by atoms with van der Waals surface area (Å²) < 4.78 is 20.0. The quantitative estimate of drug-likeness (QED) is 0.597. The van der Waals surface area contributed by atoms with Crippen molar-refractivity contribution in [3.05, 3.63) is 0 Å². The van der Waals surface area contributed by atoms with Gasteiger partial charge in [-0.1, -0.05) is 6.92 Å². The summed E-state index contributed by atoms with van der Waals surface area (Å²) in [6.45, 7) is 1.76. The van der Waals surface area contributed by atoms with Crippen LogP contribution in [-0.4, -0.2) is 14.2 Å². The van der Waals surface area contributed by atoms with Crippen molar-refractivity contribution in [3.8, 4) is 0 Å². The standard InChI is InChI=1S/C3H7ClO2S.Ar/c1-2-3-7(4,5)6;/h2-3H2,1H3;. The molecule has 0 bridgehead atoms. The Hall–Kier alpha value is 1.50. The Morgan fingerprint density at radius 3 is 1.88 bits per heavy atom. The van der Waals surface area contributed by atoms with Crippen molar-refractivity contribution in [1.29, 1.82) is 0 Å². The fourth-order valence-corrected chi connectivity index (χ4v) is 1.19. The van der Waals surface area contributed by atoms with E-state index in [1.165, 1.54) is 0 Å². The van der Waals surface area contributed by atoms with Gasteiger partial charge in [-0.3, -0.25) is 0 Å². The van der Waals surface area contributed by atoms with Gasteiger partial charge in [0.2, 0.25) is 9.05 Å². The second kappa shape index (κ2) is 5.30. The molecule has 0 aromatic carbocycles. The normalized spacial score (nSPS) is 10.2. The van der Waals surface area contributed by atoms with E-state index in [4.69, 9.17) is 10.7 Å². The predicted molar refractivity (Wildman–Crippen MR) is 29.9 cm³/mol. The van der Waals surface area contributed by atoms with Crippen LogP contribution in [0.3, 0.4) is 0 Å². The average molecular weight is 183 g/mol. The topological polar surface area (TPSA) is 34.1 Å². The summed E-state index contributed by atoms with van der Waals surface area (Å²) >= 11 is 0. The maximum absolute atomic E-state index is 10.00. The zero-order chi connectivity index (χ0) is 5.91. The van der Waals surface area contributed by atoms with E-state index >= 15 is 0 Å². The minimum atomic E-state index is -3.20. The summed E-state index contributed by atoms with van der Waals surface area (Å²) in [5, 5.41) is 0. The van der Waals surface area contributed by atoms with Gasteiger partial charge in [0.25, 0.3) is 0 Å². The molecular weight excluding hydrogens is 175 g/mol. The van der Waals surface area contributed by atoms with E-state index in [2.05, 4.69) is 0 Å². The molecule has 5 heteroatoms. The Balaban J connectivity index is 0. The van der Waals surface area contributed by atoms with Crippen LogP contribution in [0.2, 0.25) is 0 Å².